The number of nitrogens with one attached hydrogen (secondary N) is 1. The molecule has 0 saturated heterocycles. The summed E-state index contributed by atoms with van der Waals surface area (Å²) < 4.78 is 1.04. The van der Waals surface area contributed by atoms with Gasteiger partial charge in [-0.05, 0) is 58.4 Å². The van der Waals surface area contributed by atoms with Crippen molar-refractivity contribution in [3.63, 3.8) is 0 Å². The lowest BCUT2D eigenvalue weighted by Gasteiger charge is -2.34. The quantitative estimate of drug-likeness (QED) is 0.354. The van der Waals surface area contributed by atoms with Gasteiger partial charge in [0.1, 0.15) is 0 Å². The number of aromatic nitrogens is 1. The van der Waals surface area contributed by atoms with E-state index in [1.54, 1.807) is 0 Å². The molecule has 4 heteroatoms. The van der Waals surface area contributed by atoms with Crippen LogP contribution in [0.15, 0.2) is 83.5 Å². The molecule has 1 aliphatic rings. The average Bonchev–Trinajstić information content (AvgIpc) is 2.66. The SMILES string of the molecule is Brc1ccnc2cccc(N3c4ccccc4Nc4ccccc43)c12. The summed E-state index contributed by atoms with van der Waals surface area (Å²) in [7, 11) is 0. The maximum Gasteiger partial charge on any atom is 0.0734 e. The van der Waals surface area contributed by atoms with Crippen molar-refractivity contribution in [1.29, 1.82) is 0 Å². The average molecular weight is 388 g/mol. The van der Waals surface area contributed by atoms with Crippen LogP contribution in [-0.4, -0.2) is 4.98 Å². The molecule has 0 amide bonds. The molecule has 1 aromatic heterocycles. The van der Waals surface area contributed by atoms with Crippen LogP contribution >= 0.6 is 15.9 Å². The van der Waals surface area contributed by atoms with Gasteiger partial charge in [-0.15, -0.1) is 0 Å². The minimum Gasteiger partial charge on any atom is -0.352 e. The fraction of sp³-hybridized carbons (Fsp3) is 0. The molecule has 25 heavy (non-hydrogen) atoms. The Labute approximate surface area is 154 Å². The molecule has 5 rings (SSSR count). The number of hydrogen-bond acceptors (Lipinski definition) is 3. The van der Waals surface area contributed by atoms with E-state index in [4.69, 9.17) is 0 Å². The molecule has 3 nitrogen and oxygen atoms in total. The summed E-state index contributed by atoms with van der Waals surface area (Å²) in [6.07, 6.45) is 1.83. The molecule has 4 aromatic rings. The Morgan fingerprint density at radius 1 is 0.720 bits per heavy atom. The number of fused-ring (bicyclic) bond motifs is 3. The number of hydrogen-bond donors (Lipinski definition) is 1. The summed E-state index contributed by atoms with van der Waals surface area (Å²) in [5, 5.41) is 4.64. The van der Waals surface area contributed by atoms with Crippen LogP contribution in [0.3, 0.4) is 0 Å². The smallest absolute Gasteiger partial charge is 0.0734 e. The Hall–Kier alpha value is -2.85. The topological polar surface area (TPSA) is 28.2 Å². The van der Waals surface area contributed by atoms with Crippen LogP contribution in [0.4, 0.5) is 28.4 Å². The zero-order valence-electron chi connectivity index (χ0n) is 13.3. The third kappa shape index (κ3) is 2.22. The van der Waals surface area contributed by atoms with Crippen molar-refractivity contribution in [2.75, 3.05) is 10.2 Å². The normalized spacial score (nSPS) is 12.4. The number of nitrogens with zero attached hydrogens (tertiary/aromatic N) is 2. The zero-order chi connectivity index (χ0) is 16.8. The number of para-hydroxylation sites is 4. The molecule has 0 atom stereocenters. The number of rotatable bonds is 1. The van der Waals surface area contributed by atoms with Crippen molar-refractivity contribution in [2.45, 2.75) is 0 Å². The van der Waals surface area contributed by atoms with Gasteiger partial charge in [0.15, 0.2) is 0 Å². The van der Waals surface area contributed by atoms with Crippen LogP contribution in [-0.2, 0) is 0 Å². The van der Waals surface area contributed by atoms with Crippen LogP contribution in [0.5, 0.6) is 0 Å². The molecular formula is C21H14BrN3. The van der Waals surface area contributed by atoms with Crippen molar-refractivity contribution in [3.8, 4) is 0 Å². The summed E-state index contributed by atoms with van der Waals surface area (Å²) >= 11 is 3.71. The van der Waals surface area contributed by atoms with Gasteiger partial charge in [0, 0.05) is 16.1 Å². The second-order valence-corrected chi connectivity index (χ2v) is 6.81. The molecule has 1 N–H and O–H groups in total. The van der Waals surface area contributed by atoms with E-state index in [9.17, 15) is 0 Å². The van der Waals surface area contributed by atoms with E-state index in [1.165, 1.54) is 0 Å². The van der Waals surface area contributed by atoms with Crippen LogP contribution in [0.2, 0.25) is 0 Å². The summed E-state index contributed by atoms with van der Waals surface area (Å²) in [4.78, 5) is 6.84. The standard InChI is InChI=1S/C21H14BrN3/c22-14-12-13-23-17-8-5-11-20(21(14)17)25-18-9-3-1-6-15(18)24-16-7-2-4-10-19(16)25/h1-13,24H. The van der Waals surface area contributed by atoms with E-state index in [0.29, 0.717) is 0 Å². The molecule has 0 spiro atoms. The van der Waals surface area contributed by atoms with E-state index in [1.807, 2.05) is 18.3 Å². The molecule has 0 bridgehead atoms. The number of halogens is 1. The van der Waals surface area contributed by atoms with E-state index in [2.05, 4.69) is 91.8 Å². The summed E-state index contributed by atoms with van der Waals surface area (Å²) in [5.74, 6) is 0. The minimum absolute atomic E-state index is 0.973. The summed E-state index contributed by atoms with van der Waals surface area (Å²) in [6.45, 7) is 0. The highest BCUT2D eigenvalue weighted by Gasteiger charge is 2.25. The molecule has 120 valence electrons. The lowest BCUT2D eigenvalue weighted by Crippen LogP contribution is -2.17. The van der Waals surface area contributed by atoms with Crippen molar-refractivity contribution < 1.29 is 0 Å². The monoisotopic (exact) mass is 387 g/mol. The highest BCUT2D eigenvalue weighted by atomic mass is 79.9. The van der Waals surface area contributed by atoms with Gasteiger partial charge >= 0.3 is 0 Å². The molecule has 0 radical (unpaired) electrons. The molecule has 2 heterocycles. The molecule has 0 saturated carbocycles. The van der Waals surface area contributed by atoms with Gasteiger partial charge in [0.05, 0.1) is 34.0 Å². The lowest BCUT2D eigenvalue weighted by atomic mass is 10.1. The first-order valence-electron chi connectivity index (χ1n) is 8.11. The third-order valence-electron chi connectivity index (χ3n) is 4.49. The van der Waals surface area contributed by atoms with Gasteiger partial charge in [-0.2, -0.15) is 0 Å². The van der Waals surface area contributed by atoms with E-state index >= 15 is 0 Å². The van der Waals surface area contributed by atoms with Gasteiger partial charge in [0.25, 0.3) is 0 Å². The second-order valence-electron chi connectivity index (χ2n) is 5.96. The number of pyridine rings is 1. The Morgan fingerprint density at radius 2 is 1.36 bits per heavy atom. The Morgan fingerprint density at radius 3 is 2.08 bits per heavy atom. The number of anilines is 5. The molecule has 0 aliphatic carbocycles. The van der Waals surface area contributed by atoms with Gasteiger partial charge in [0.2, 0.25) is 0 Å². The number of benzene rings is 3. The van der Waals surface area contributed by atoms with Crippen LogP contribution in [0.25, 0.3) is 10.9 Å². The maximum atomic E-state index is 4.54. The van der Waals surface area contributed by atoms with Crippen molar-refractivity contribution in [2.24, 2.45) is 0 Å². The van der Waals surface area contributed by atoms with Crippen LogP contribution in [0, 0.1) is 0 Å². The fourth-order valence-corrected chi connectivity index (χ4v) is 3.94. The van der Waals surface area contributed by atoms with Gasteiger partial charge in [-0.1, -0.05) is 30.3 Å². The van der Waals surface area contributed by atoms with E-state index in [-0.39, 0.29) is 0 Å². The van der Waals surface area contributed by atoms with E-state index in [0.717, 1.165) is 43.8 Å². The first kappa shape index (κ1) is 14.5. The predicted octanol–water partition coefficient (Wildman–Crippen LogP) is 6.52. The minimum atomic E-state index is 0.973. The lowest BCUT2D eigenvalue weighted by molar-refractivity contribution is 1.26. The maximum absolute atomic E-state index is 4.54. The van der Waals surface area contributed by atoms with Crippen LogP contribution in [0.1, 0.15) is 0 Å². The summed E-state index contributed by atoms with van der Waals surface area (Å²) in [6, 6.07) is 25.0. The fourth-order valence-electron chi connectivity index (χ4n) is 3.42. The highest BCUT2D eigenvalue weighted by molar-refractivity contribution is 9.10. The Kier molecular flexibility index (Phi) is 3.25. The van der Waals surface area contributed by atoms with Crippen molar-refractivity contribution >= 4 is 55.3 Å². The van der Waals surface area contributed by atoms with Gasteiger partial charge in [-0.25, -0.2) is 0 Å². The third-order valence-corrected chi connectivity index (χ3v) is 5.15. The first-order chi connectivity index (χ1) is 12.3. The highest BCUT2D eigenvalue weighted by Crippen LogP contribution is 2.49. The van der Waals surface area contributed by atoms with Crippen LogP contribution < -0.4 is 10.2 Å². The molecule has 0 fully saturated rings. The molecule has 1 aliphatic heterocycles. The van der Waals surface area contributed by atoms with Gasteiger partial charge in [-0.3, -0.25) is 4.98 Å². The van der Waals surface area contributed by atoms with Crippen molar-refractivity contribution in [1.82, 2.24) is 4.98 Å². The Balaban J connectivity index is 1.87. The first-order valence-corrected chi connectivity index (χ1v) is 8.91. The second kappa shape index (κ2) is 5.60. The largest absolute Gasteiger partial charge is 0.352 e. The molecule has 0 unspecified atom stereocenters. The predicted molar refractivity (Wildman–Crippen MR) is 107 cm³/mol. The summed E-state index contributed by atoms with van der Waals surface area (Å²) in [5.41, 5.74) is 6.53. The zero-order valence-corrected chi connectivity index (χ0v) is 14.9. The van der Waals surface area contributed by atoms with Crippen molar-refractivity contribution in [3.05, 3.63) is 83.5 Å². The molecular weight excluding hydrogens is 374 g/mol. The van der Waals surface area contributed by atoms with Gasteiger partial charge < -0.3 is 10.2 Å². The Bertz CT molecular complexity index is 1060. The van der Waals surface area contributed by atoms with E-state index < -0.39 is 0 Å². The molecule has 3 aromatic carbocycles.